The Labute approximate surface area is 101 Å². The van der Waals surface area contributed by atoms with Crippen molar-refractivity contribution >= 4 is 0 Å². The fourth-order valence-electron chi connectivity index (χ4n) is 1.59. The van der Waals surface area contributed by atoms with Crippen molar-refractivity contribution in [2.24, 2.45) is 7.05 Å². The molecule has 1 aromatic heterocycles. The van der Waals surface area contributed by atoms with Crippen molar-refractivity contribution in [2.45, 2.75) is 13.5 Å². The molecule has 0 fully saturated rings. The van der Waals surface area contributed by atoms with Crippen LogP contribution in [-0.4, -0.2) is 16.3 Å². The molecule has 0 aliphatic rings. The molecule has 0 saturated heterocycles. The number of nitrogens with one attached hydrogen (secondary N) is 1. The number of rotatable bonds is 5. The van der Waals surface area contributed by atoms with Crippen LogP contribution in [0, 0.1) is 0 Å². The monoisotopic (exact) mass is 231 g/mol. The Morgan fingerprint density at radius 1 is 1.35 bits per heavy atom. The molecule has 0 aliphatic heterocycles. The molecule has 90 valence electrons. The van der Waals surface area contributed by atoms with Crippen LogP contribution in [0.1, 0.15) is 12.5 Å². The van der Waals surface area contributed by atoms with Crippen LogP contribution in [0.2, 0.25) is 0 Å². The highest BCUT2D eigenvalue weighted by molar-refractivity contribution is 5.36. The quantitative estimate of drug-likeness (QED) is 0.858. The molecule has 2 aromatic rings. The van der Waals surface area contributed by atoms with Crippen LogP contribution in [0.15, 0.2) is 36.7 Å². The first-order valence-corrected chi connectivity index (χ1v) is 5.74. The molecule has 1 heterocycles. The Balaban J connectivity index is 2.14. The highest BCUT2D eigenvalue weighted by atomic mass is 16.5. The minimum Gasteiger partial charge on any atom is -0.454 e. The number of hydrogen-bond donors (Lipinski definition) is 1. The molecule has 2 rings (SSSR count). The third-order valence-electron chi connectivity index (χ3n) is 2.45. The molecular weight excluding hydrogens is 214 g/mol. The highest BCUT2D eigenvalue weighted by Crippen LogP contribution is 2.24. The van der Waals surface area contributed by atoms with E-state index >= 15 is 0 Å². The number of nitrogens with zero attached hydrogens (tertiary/aromatic N) is 2. The summed E-state index contributed by atoms with van der Waals surface area (Å²) < 4.78 is 7.53. The summed E-state index contributed by atoms with van der Waals surface area (Å²) in [6, 6.07) is 8.03. The smallest absolute Gasteiger partial charge is 0.165 e. The lowest BCUT2D eigenvalue weighted by Gasteiger charge is -2.09. The highest BCUT2D eigenvalue weighted by Gasteiger charge is 2.04. The minimum atomic E-state index is 0.761. The molecule has 0 spiro atoms. The van der Waals surface area contributed by atoms with Gasteiger partial charge in [-0.05, 0) is 12.6 Å². The summed E-state index contributed by atoms with van der Waals surface area (Å²) in [5, 5.41) is 7.38. The predicted molar refractivity (Wildman–Crippen MR) is 67.1 cm³/mol. The SMILES string of the molecule is CCNCc1ccccc1Oc1cnn(C)c1. The fraction of sp³-hybridized carbons (Fsp3) is 0.308. The zero-order valence-electron chi connectivity index (χ0n) is 10.2. The van der Waals surface area contributed by atoms with Gasteiger partial charge in [-0.1, -0.05) is 25.1 Å². The van der Waals surface area contributed by atoms with Crippen molar-refractivity contribution in [3.05, 3.63) is 42.2 Å². The molecule has 0 unspecified atom stereocenters. The topological polar surface area (TPSA) is 39.1 Å². The van der Waals surface area contributed by atoms with Crippen LogP contribution in [0.5, 0.6) is 11.5 Å². The van der Waals surface area contributed by atoms with Gasteiger partial charge in [0.25, 0.3) is 0 Å². The van der Waals surface area contributed by atoms with Crippen molar-refractivity contribution in [1.82, 2.24) is 15.1 Å². The standard InChI is InChI=1S/C13H17N3O/c1-3-14-8-11-6-4-5-7-13(11)17-12-9-15-16(2)10-12/h4-7,9-10,14H,3,8H2,1-2H3. The number of para-hydroxylation sites is 1. The molecule has 1 N–H and O–H groups in total. The zero-order valence-corrected chi connectivity index (χ0v) is 10.2. The minimum absolute atomic E-state index is 0.761. The van der Waals surface area contributed by atoms with E-state index in [4.69, 9.17) is 4.74 Å². The Morgan fingerprint density at radius 3 is 2.88 bits per heavy atom. The summed E-state index contributed by atoms with van der Waals surface area (Å²) in [5.74, 6) is 1.64. The number of hydrogen-bond acceptors (Lipinski definition) is 3. The number of ether oxygens (including phenoxy) is 1. The first-order valence-electron chi connectivity index (χ1n) is 5.74. The van der Waals surface area contributed by atoms with Crippen molar-refractivity contribution < 1.29 is 4.74 Å². The summed E-state index contributed by atoms with van der Waals surface area (Å²) >= 11 is 0. The van der Waals surface area contributed by atoms with E-state index in [-0.39, 0.29) is 0 Å². The van der Waals surface area contributed by atoms with E-state index in [1.54, 1.807) is 10.9 Å². The van der Waals surface area contributed by atoms with Crippen LogP contribution in [0.25, 0.3) is 0 Å². The summed E-state index contributed by atoms with van der Waals surface area (Å²) in [5.41, 5.74) is 1.15. The Hall–Kier alpha value is -1.81. The maximum Gasteiger partial charge on any atom is 0.165 e. The van der Waals surface area contributed by atoms with E-state index in [0.29, 0.717) is 0 Å². The molecule has 0 bridgehead atoms. The van der Waals surface area contributed by atoms with Crippen LogP contribution in [-0.2, 0) is 13.6 Å². The van der Waals surface area contributed by atoms with Gasteiger partial charge in [0.1, 0.15) is 5.75 Å². The average molecular weight is 231 g/mol. The Morgan fingerprint density at radius 2 is 2.18 bits per heavy atom. The molecule has 0 aliphatic carbocycles. The second kappa shape index (κ2) is 5.50. The maximum absolute atomic E-state index is 5.80. The molecule has 4 nitrogen and oxygen atoms in total. The molecule has 0 saturated carbocycles. The van der Waals surface area contributed by atoms with E-state index in [1.165, 1.54) is 0 Å². The summed E-state index contributed by atoms with van der Waals surface area (Å²) in [6.45, 7) is 3.85. The second-order valence-electron chi connectivity index (χ2n) is 3.84. The zero-order chi connectivity index (χ0) is 12.1. The summed E-state index contributed by atoms with van der Waals surface area (Å²) in [6.07, 6.45) is 3.56. The molecule has 1 aromatic carbocycles. The molecule has 4 heteroatoms. The molecular formula is C13H17N3O. The summed E-state index contributed by atoms with van der Waals surface area (Å²) in [7, 11) is 1.87. The average Bonchev–Trinajstić information content (AvgIpc) is 2.74. The Kier molecular flexibility index (Phi) is 3.77. The van der Waals surface area contributed by atoms with Gasteiger partial charge in [-0.25, -0.2) is 0 Å². The number of aromatic nitrogens is 2. The fourth-order valence-corrected chi connectivity index (χ4v) is 1.59. The van der Waals surface area contributed by atoms with Gasteiger partial charge in [0, 0.05) is 19.2 Å². The third-order valence-corrected chi connectivity index (χ3v) is 2.45. The number of aryl methyl sites for hydroxylation is 1. The normalized spacial score (nSPS) is 10.5. The van der Waals surface area contributed by atoms with Crippen LogP contribution >= 0.6 is 0 Å². The Bertz CT molecular complexity index is 479. The molecule has 0 amide bonds. The lowest BCUT2D eigenvalue weighted by Crippen LogP contribution is -2.12. The van der Waals surface area contributed by atoms with Crippen LogP contribution in [0.4, 0.5) is 0 Å². The second-order valence-corrected chi connectivity index (χ2v) is 3.84. The van der Waals surface area contributed by atoms with Gasteiger partial charge in [0.2, 0.25) is 0 Å². The van der Waals surface area contributed by atoms with Crippen molar-refractivity contribution in [3.8, 4) is 11.5 Å². The lowest BCUT2D eigenvalue weighted by molar-refractivity contribution is 0.472. The third kappa shape index (κ3) is 3.07. The van der Waals surface area contributed by atoms with E-state index in [0.717, 1.165) is 30.2 Å². The predicted octanol–water partition coefficient (Wildman–Crippen LogP) is 2.32. The van der Waals surface area contributed by atoms with Crippen molar-refractivity contribution in [1.29, 1.82) is 0 Å². The van der Waals surface area contributed by atoms with Crippen molar-refractivity contribution in [2.75, 3.05) is 6.54 Å². The van der Waals surface area contributed by atoms with E-state index in [9.17, 15) is 0 Å². The largest absolute Gasteiger partial charge is 0.454 e. The van der Waals surface area contributed by atoms with Gasteiger partial charge in [-0.15, -0.1) is 0 Å². The van der Waals surface area contributed by atoms with Gasteiger partial charge < -0.3 is 10.1 Å². The first-order chi connectivity index (χ1) is 8.29. The van der Waals surface area contributed by atoms with E-state index in [1.807, 2.05) is 31.4 Å². The molecule has 17 heavy (non-hydrogen) atoms. The summed E-state index contributed by atoms with van der Waals surface area (Å²) in [4.78, 5) is 0. The van der Waals surface area contributed by atoms with Crippen LogP contribution in [0.3, 0.4) is 0 Å². The van der Waals surface area contributed by atoms with E-state index in [2.05, 4.69) is 23.4 Å². The van der Waals surface area contributed by atoms with Gasteiger partial charge >= 0.3 is 0 Å². The van der Waals surface area contributed by atoms with E-state index < -0.39 is 0 Å². The first kappa shape index (κ1) is 11.7. The van der Waals surface area contributed by atoms with Gasteiger partial charge in [0.15, 0.2) is 5.75 Å². The van der Waals surface area contributed by atoms with Gasteiger partial charge in [-0.3, -0.25) is 4.68 Å². The van der Waals surface area contributed by atoms with Gasteiger partial charge in [-0.2, -0.15) is 5.10 Å². The van der Waals surface area contributed by atoms with Gasteiger partial charge in [0.05, 0.1) is 12.4 Å². The van der Waals surface area contributed by atoms with Crippen molar-refractivity contribution in [3.63, 3.8) is 0 Å². The molecule has 0 radical (unpaired) electrons. The maximum atomic E-state index is 5.80. The lowest BCUT2D eigenvalue weighted by atomic mass is 10.2. The number of benzene rings is 1. The van der Waals surface area contributed by atoms with Crippen LogP contribution < -0.4 is 10.1 Å². The molecule has 0 atom stereocenters.